The van der Waals surface area contributed by atoms with Gasteiger partial charge in [-0.05, 0) is 12.1 Å². The topological polar surface area (TPSA) is 53.4 Å². The first kappa shape index (κ1) is 13.1. The normalized spacial score (nSPS) is 10.3. The molecule has 5 nitrogen and oxygen atoms in total. The van der Waals surface area contributed by atoms with Gasteiger partial charge in [-0.3, -0.25) is 4.79 Å². The van der Waals surface area contributed by atoms with Crippen LogP contribution in [0.5, 0.6) is 11.6 Å². The highest BCUT2D eigenvalue weighted by atomic mass is 19.1. The predicted molar refractivity (Wildman–Crippen MR) is 66.1 cm³/mol. The van der Waals surface area contributed by atoms with Crippen LogP contribution in [0.15, 0.2) is 24.3 Å². The highest BCUT2D eigenvalue weighted by Gasteiger charge is 2.20. The van der Waals surface area contributed by atoms with Crippen LogP contribution in [0, 0.1) is 5.82 Å². The van der Waals surface area contributed by atoms with Crippen LogP contribution in [0.1, 0.15) is 16.1 Å². The third kappa shape index (κ3) is 2.29. The minimum atomic E-state index is -0.695. The number of carbonyl (C=O) groups excluding carboxylic acids is 1. The van der Waals surface area contributed by atoms with Gasteiger partial charge in [-0.2, -0.15) is 5.10 Å². The molecule has 0 atom stereocenters. The summed E-state index contributed by atoms with van der Waals surface area (Å²) in [5.74, 6) is -0.768. The zero-order valence-corrected chi connectivity index (χ0v) is 10.8. The van der Waals surface area contributed by atoms with Gasteiger partial charge in [0.1, 0.15) is 5.69 Å². The van der Waals surface area contributed by atoms with E-state index in [-0.39, 0.29) is 17.0 Å². The number of carbonyl (C=O) groups is 1. The Labute approximate surface area is 109 Å². The molecule has 0 spiro atoms. The molecule has 0 aliphatic heterocycles. The van der Waals surface area contributed by atoms with Gasteiger partial charge in [-0.15, -0.1) is 0 Å². The second-order valence-electron chi connectivity index (χ2n) is 3.85. The van der Waals surface area contributed by atoms with Gasteiger partial charge in [-0.1, -0.05) is 6.07 Å². The summed E-state index contributed by atoms with van der Waals surface area (Å²) in [6.45, 7) is 0. The van der Waals surface area contributed by atoms with Crippen molar-refractivity contribution in [1.29, 1.82) is 0 Å². The van der Waals surface area contributed by atoms with Crippen molar-refractivity contribution in [3.8, 4) is 11.6 Å². The maximum Gasteiger partial charge on any atom is 0.216 e. The third-order valence-corrected chi connectivity index (χ3v) is 2.71. The highest BCUT2D eigenvalue weighted by Crippen LogP contribution is 2.23. The van der Waals surface area contributed by atoms with E-state index in [0.717, 1.165) is 0 Å². The number of hydrogen-bond donors (Lipinski definition) is 0. The van der Waals surface area contributed by atoms with Gasteiger partial charge in [0.05, 0.1) is 19.8 Å². The fourth-order valence-corrected chi connectivity index (χ4v) is 1.73. The summed E-state index contributed by atoms with van der Waals surface area (Å²) >= 11 is 0. The number of ketones is 1. The number of aryl methyl sites for hydroxylation is 1. The van der Waals surface area contributed by atoms with Crippen molar-refractivity contribution in [2.75, 3.05) is 14.2 Å². The SMILES string of the molecule is COc1cccc(C(=O)c2cc(OC)n(C)n2)c1F. The average molecular weight is 264 g/mol. The molecule has 1 aromatic heterocycles. The zero-order valence-electron chi connectivity index (χ0n) is 10.8. The average Bonchev–Trinajstić information content (AvgIpc) is 2.79. The first-order chi connectivity index (χ1) is 9.08. The number of hydrogen-bond acceptors (Lipinski definition) is 4. The predicted octanol–water partition coefficient (Wildman–Crippen LogP) is 1.81. The smallest absolute Gasteiger partial charge is 0.216 e. The van der Waals surface area contributed by atoms with E-state index >= 15 is 0 Å². The third-order valence-electron chi connectivity index (χ3n) is 2.71. The molecule has 0 amide bonds. The van der Waals surface area contributed by atoms with Gasteiger partial charge in [0, 0.05) is 13.1 Å². The lowest BCUT2D eigenvalue weighted by Gasteiger charge is -2.04. The summed E-state index contributed by atoms with van der Waals surface area (Å²) in [5.41, 5.74) is 0.0339. The Morgan fingerprint density at radius 2 is 2.05 bits per heavy atom. The van der Waals surface area contributed by atoms with Crippen LogP contribution in [0.2, 0.25) is 0 Å². The Balaban J connectivity index is 2.44. The van der Waals surface area contributed by atoms with Gasteiger partial charge in [0.2, 0.25) is 11.7 Å². The summed E-state index contributed by atoms with van der Waals surface area (Å²) in [6, 6.07) is 5.85. The largest absolute Gasteiger partial charge is 0.494 e. The highest BCUT2D eigenvalue weighted by molar-refractivity contribution is 6.08. The van der Waals surface area contributed by atoms with E-state index in [4.69, 9.17) is 9.47 Å². The van der Waals surface area contributed by atoms with E-state index in [1.165, 1.54) is 37.1 Å². The molecule has 0 bridgehead atoms. The molecule has 0 saturated carbocycles. The zero-order chi connectivity index (χ0) is 14.0. The van der Waals surface area contributed by atoms with E-state index in [0.29, 0.717) is 5.88 Å². The van der Waals surface area contributed by atoms with E-state index in [9.17, 15) is 9.18 Å². The van der Waals surface area contributed by atoms with Crippen LogP contribution in [-0.4, -0.2) is 29.8 Å². The quantitative estimate of drug-likeness (QED) is 0.790. The van der Waals surface area contributed by atoms with Crippen LogP contribution in [-0.2, 0) is 7.05 Å². The van der Waals surface area contributed by atoms with Gasteiger partial charge in [0.15, 0.2) is 11.6 Å². The Morgan fingerprint density at radius 1 is 1.32 bits per heavy atom. The Morgan fingerprint density at radius 3 is 2.63 bits per heavy atom. The van der Waals surface area contributed by atoms with Gasteiger partial charge in [0.25, 0.3) is 0 Å². The molecular weight excluding hydrogens is 251 g/mol. The number of halogens is 1. The van der Waals surface area contributed by atoms with E-state index in [1.54, 1.807) is 13.1 Å². The fraction of sp³-hybridized carbons (Fsp3) is 0.231. The molecule has 6 heteroatoms. The molecule has 2 rings (SSSR count). The molecule has 0 radical (unpaired) electrons. The van der Waals surface area contributed by atoms with Crippen LogP contribution < -0.4 is 9.47 Å². The molecule has 0 aliphatic rings. The molecule has 100 valence electrons. The molecule has 1 aromatic carbocycles. The minimum absolute atomic E-state index is 0.0220. The monoisotopic (exact) mass is 264 g/mol. The van der Waals surface area contributed by atoms with E-state index in [2.05, 4.69) is 5.10 Å². The van der Waals surface area contributed by atoms with Gasteiger partial charge in [-0.25, -0.2) is 9.07 Å². The van der Waals surface area contributed by atoms with E-state index < -0.39 is 11.6 Å². The maximum absolute atomic E-state index is 14.0. The van der Waals surface area contributed by atoms with Crippen molar-refractivity contribution in [2.24, 2.45) is 7.05 Å². The van der Waals surface area contributed by atoms with Crippen LogP contribution in [0.25, 0.3) is 0 Å². The molecule has 0 saturated heterocycles. The lowest BCUT2D eigenvalue weighted by Crippen LogP contribution is -2.07. The van der Waals surface area contributed by atoms with Crippen LogP contribution in [0.3, 0.4) is 0 Å². The first-order valence-corrected chi connectivity index (χ1v) is 5.53. The Kier molecular flexibility index (Phi) is 3.50. The summed E-state index contributed by atoms with van der Waals surface area (Å²) in [5, 5.41) is 3.99. The fourth-order valence-electron chi connectivity index (χ4n) is 1.73. The molecule has 0 unspecified atom stereocenters. The second kappa shape index (κ2) is 5.09. The van der Waals surface area contributed by atoms with Crippen molar-refractivity contribution >= 4 is 5.78 Å². The molecule has 19 heavy (non-hydrogen) atoms. The van der Waals surface area contributed by atoms with Crippen molar-refractivity contribution in [3.05, 3.63) is 41.3 Å². The summed E-state index contributed by atoms with van der Waals surface area (Å²) < 4.78 is 25.3. The summed E-state index contributed by atoms with van der Waals surface area (Å²) in [4.78, 5) is 12.2. The minimum Gasteiger partial charge on any atom is -0.494 e. The lowest BCUT2D eigenvalue weighted by atomic mass is 10.1. The maximum atomic E-state index is 14.0. The number of ether oxygens (including phenoxy) is 2. The first-order valence-electron chi connectivity index (χ1n) is 5.53. The number of nitrogens with zero attached hydrogens (tertiary/aromatic N) is 2. The molecule has 0 N–H and O–H groups in total. The molecule has 0 aliphatic carbocycles. The van der Waals surface area contributed by atoms with E-state index in [1.807, 2.05) is 0 Å². The molecule has 0 fully saturated rings. The number of rotatable bonds is 4. The van der Waals surface area contributed by atoms with Crippen molar-refractivity contribution in [2.45, 2.75) is 0 Å². The molecule has 1 heterocycles. The standard InChI is InChI=1S/C13H13FN2O3/c1-16-11(19-3)7-9(15-16)13(17)8-5-4-6-10(18-2)12(8)14/h4-7H,1-3H3. The number of methoxy groups -OCH3 is 2. The second-order valence-corrected chi connectivity index (χ2v) is 3.85. The van der Waals surface area contributed by atoms with Crippen molar-refractivity contribution in [1.82, 2.24) is 9.78 Å². The van der Waals surface area contributed by atoms with Gasteiger partial charge < -0.3 is 9.47 Å². The van der Waals surface area contributed by atoms with Crippen LogP contribution >= 0.6 is 0 Å². The Hall–Kier alpha value is -2.37. The lowest BCUT2D eigenvalue weighted by molar-refractivity contribution is 0.102. The molecular formula is C13H13FN2O3. The van der Waals surface area contributed by atoms with Gasteiger partial charge >= 0.3 is 0 Å². The summed E-state index contributed by atoms with van der Waals surface area (Å²) in [6.07, 6.45) is 0. The summed E-state index contributed by atoms with van der Waals surface area (Å²) in [7, 11) is 4.45. The number of aromatic nitrogens is 2. The van der Waals surface area contributed by atoms with Crippen molar-refractivity contribution in [3.63, 3.8) is 0 Å². The number of benzene rings is 1. The van der Waals surface area contributed by atoms with Crippen molar-refractivity contribution < 1.29 is 18.7 Å². The molecule has 2 aromatic rings. The van der Waals surface area contributed by atoms with Crippen LogP contribution in [0.4, 0.5) is 4.39 Å². The Bertz CT molecular complexity index is 622.